The first kappa shape index (κ1) is 31.2. The van der Waals surface area contributed by atoms with Crippen molar-refractivity contribution in [3.05, 3.63) is 81.3 Å². The van der Waals surface area contributed by atoms with E-state index in [9.17, 15) is 9.59 Å². The van der Waals surface area contributed by atoms with Gasteiger partial charge in [0.15, 0.2) is 28.3 Å². The van der Waals surface area contributed by atoms with E-state index < -0.39 is 0 Å². The zero-order valence-corrected chi connectivity index (χ0v) is 27.6. The first-order valence-corrected chi connectivity index (χ1v) is 16.3. The monoisotopic (exact) mass is 656 g/mol. The van der Waals surface area contributed by atoms with E-state index in [1.54, 1.807) is 32.7 Å². The molecule has 1 atom stereocenters. The first-order chi connectivity index (χ1) is 22.3. The number of thiophene rings is 1. The van der Waals surface area contributed by atoms with Crippen molar-refractivity contribution in [1.29, 1.82) is 0 Å². The summed E-state index contributed by atoms with van der Waals surface area (Å²) in [6.07, 6.45) is 2.56. The summed E-state index contributed by atoms with van der Waals surface area (Å²) < 4.78 is 18.6. The zero-order valence-electron chi connectivity index (χ0n) is 26.0. The fourth-order valence-corrected chi connectivity index (χ4v) is 7.13. The molecule has 5 aromatic rings. The molecule has 1 N–H and O–H groups in total. The number of nitrogens with one attached hydrogen (secondary N) is 1. The van der Waals surface area contributed by atoms with Crippen LogP contribution in [0.1, 0.15) is 44.4 Å². The molecule has 0 bridgehead atoms. The molecule has 0 saturated heterocycles. The Balaban J connectivity index is 1.26. The number of ketones is 1. The molecule has 1 aliphatic rings. The maximum atomic E-state index is 13.2. The lowest BCUT2D eigenvalue weighted by Crippen LogP contribution is -2.22. The van der Waals surface area contributed by atoms with Crippen LogP contribution >= 0.6 is 23.1 Å². The minimum atomic E-state index is -0.314. The largest absolute Gasteiger partial charge is 0.493 e. The molecule has 11 nitrogen and oxygen atoms in total. The van der Waals surface area contributed by atoms with Gasteiger partial charge in [-0.1, -0.05) is 35.5 Å². The van der Waals surface area contributed by atoms with Gasteiger partial charge in [0.05, 0.1) is 44.0 Å². The van der Waals surface area contributed by atoms with Crippen molar-refractivity contribution < 1.29 is 23.8 Å². The lowest BCUT2D eigenvalue weighted by Gasteiger charge is -2.22. The van der Waals surface area contributed by atoms with Gasteiger partial charge < -0.3 is 14.2 Å². The molecule has 0 saturated carbocycles. The lowest BCUT2D eigenvalue weighted by molar-refractivity contribution is -0.113. The number of carbonyl (C=O) groups is 2. The second-order valence-corrected chi connectivity index (χ2v) is 12.7. The van der Waals surface area contributed by atoms with E-state index in [1.807, 2.05) is 60.2 Å². The Morgan fingerprint density at radius 1 is 1.04 bits per heavy atom. The molecule has 46 heavy (non-hydrogen) atoms. The topological polar surface area (TPSA) is 130 Å². The van der Waals surface area contributed by atoms with E-state index in [0.29, 0.717) is 57.9 Å². The summed E-state index contributed by atoms with van der Waals surface area (Å²) in [4.78, 5) is 35.9. The van der Waals surface area contributed by atoms with Gasteiger partial charge in [0.25, 0.3) is 0 Å². The van der Waals surface area contributed by atoms with Crippen LogP contribution in [0.2, 0.25) is 0 Å². The number of aromatic nitrogens is 5. The quantitative estimate of drug-likeness (QED) is 0.177. The number of aryl methyl sites for hydroxylation is 2. The first-order valence-electron chi connectivity index (χ1n) is 14.5. The van der Waals surface area contributed by atoms with Crippen molar-refractivity contribution >= 4 is 40.7 Å². The molecule has 6 rings (SSSR count). The fraction of sp³-hybridized carbons (Fsp3) is 0.273. The van der Waals surface area contributed by atoms with Gasteiger partial charge in [0.1, 0.15) is 0 Å². The number of Topliss-reactive ketones (excluding diaryl/α,β-unsaturated/α-hetero) is 1. The van der Waals surface area contributed by atoms with Gasteiger partial charge in [-0.15, -0.1) is 21.5 Å². The molecule has 1 aliphatic carbocycles. The van der Waals surface area contributed by atoms with Crippen LogP contribution < -0.4 is 19.5 Å². The third-order valence-electron chi connectivity index (χ3n) is 7.72. The maximum absolute atomic E-state index is 13.2. The van der Waals surface area contributed by atoms with Crippen LogP contribution in [0, 0.1) is 13.8 Å². The standard InChI is InChI=1S/C33H32N6O5S2/c1-18-8-9-24(19(2)11-18)39-31(21-14-26(42-3)30(44-5)27(15-21)43-4)37-38-33(39)46-17-29(41)36-32-34-16-22-23(35-32)12-20(13-25(22)40)28-7-6-10-45-28/h6-11,14-16,20H,12-13,17H2,1-5H3,(H,34,35,36,41)/t20-/m0/s1. The highest BCUT2D eigenvalue weighted by molar-refractivity contribution is 7.99. The van der Waals surface area contributed by atoms with Gasteiger partial charge in [-0.25, -0.2) is 9.97 Å². The number of hydrogen-bond donors (Lipinski definition) is 1. The Morgan fingerprint density at radius 3 is 2.50 bits per heavy atom. The number of carbonyl (C=O) groups excluding carboxylic acids is 2. The lowest BCUT2D eigenvalue weighted by atomic mass is 9.86. The number of thioether (sulfide) groups is 1. The molecule has 0 spiro atoms. The number of rotatable bonds is 10. The summed E-state index contributed by atoms with van der Waals surface area (Å²) >= 11 is 2.87. The van der Waals surface area contributed by atoms with Crippen LogP contribution in [-0.2, 0) is 11.2 Å². The molecule has 13 heteroatoms. The van der Waals surface area contributed by atoms with Gasteiger partial charge in [-0.05, 0) is 55.5 Å². The van der Waals surface area contributed by atoms with E-state index in [0.717, 1.165) is 21.7 Å². The third-order valence-corrected chi connectivity index (χ3v) is 9.68. The minimum absolute atomic E-state index is 0.0155. The summed E-state index contributed by atoms with van der Waals surface area (Å²) in [6, 6.07) is 13.8. The molecule has 3 heterocycles. The van der Waals surface area contributed by atoms with Crippen LogP contribution in [0.25, 0.3) is 17.1 Å². The highest BCUT2D eigenvalue weighted by Gasteiger charge is 2.29. The highest BCUT2D eigenvalue weighted by atomic mass is 32.2. The van der Waals surface area contributed by atoms with Crippen molar-refractivity contribution in [3.63, 3.8) is 0 Å². The van der Waals surface area contributed by atoms with Crippen LogP contribution in [0.5, 0.6) is 17.2 Å². The molecule has 2 aromatic carbocycles. The average Bonchev–Trinajstić information content (AvgIpc) is 3.74. The van der Waals surface area contributed by atoms with E-state index in [4.69, 9.17) is 14.2 Å². The fourth-order valence-electron chi connectivity index (χ4n) is 5.55. The molecule has 0 radical (unpaired) electrons. The van der Waals surface area contributed by atoms with Gasteiger partial charge in [0.2, 0.25) is 17.6 Å². The Morgan fingerprint density at radius 2 is 1.83 bits per heavy atom. The van der Waals surface area contributed by atoms with E-state index in [1.165, 1.54) is 18.0 Å². The van der Waals surface area contributed by atoms with Crippen LogP contribution in [0.4, 0.5) is 5.95 Å². The molecule has 3 aromatic heterocycles. The minimum Gasteiger partial charge on any atom is -0.493 e. The Kier molecular flexibility index (Phi) is 9.04. The molecule has 0 unspecified atom stereocenters. The van der Waals surface area contributed by atoms with Gasteiger partial charge >= 0.3 is 0 Å². The van der Waals surface area contributed by atoms with Crippen LogP contribution in [-0.4, -0.2) is 63.5 Å². The second kappa shape index (κ2) is 13.3. The molecule has 0 fully saturated rings. The highest BCUT2D eigenvalue weighted by Crippen LogP contribution is 2.42. The number of anilines is 1. The number of methoxy groups -OCH3 is 3. The van der Waals surface area contributed by atoms with Crippen molar-refractivity contribution in [2.75, 3.05) is 32.4 Å². The second-order valence-electron chi connectivity index (χ2n) is 10.8. The summed E-state index contributed by atoms with van der Waals surface area (Å²) in [6.45, 7) is 4.05. The van der Waals surface area contributed by atoms with Crippen LogP contribution in [0.3, 0.4) is 0 Å². The summed E-state index contributed by atoms with van der Waals surface area (Å²) in [5.41, 5.74) is 4.85. The summed E-state index contributed by atoms with van der Waals surface area (Å²) in [7, 11) is 4.67. The van der Waals surface area contributed by atoms with Crippen LogP contribution in [0.15, 0.2) is 59.2 Å². The number of benzene rings is 2. The van der Waals surface area contributed by atoms with Crippen molar-refractivity contribution in [3.8, 4) is 34.3 Å². The molecular formula is C33H32N6O5S2. The van der Waals surface area contributed by atoms with Gasteiger partial charge in [-0.3, -0.25) is 19.5 Å². The Hall–Kier alpha value is -4.75. The Labute approximate surface area is 274 Å². The van der Waals surface area contributed by atoms with Crippen molar-refractivity contribution in [2.24, 2.45) is 0 Å². The van der Waals surface area contributed by atoms with Gasteiger partial charge in [0, 0.05) is 29.0 Å². The molecule has 236 valence electrons. The smallest absolute Gasteiger partial charge is 0.237 e. The van der Waals surface area contributed by atoms with E-state index in [-0.39, 0.29) is 29.3 Å². The normalized spacial score (nSPS) is 14.1. The number of nitrogens with zero attached hydrogens (tertiary/aromatic N) is 5. The zero-order chi connectivity index (χ0) is 32.4. The molecule has 0 aliphatic heterocycles. The van der Waals surface area contributed by atoms with E-state index in [2.05, 4.69) is 31.5 Å². The number of ether oxygens (including phenoxy) is 3. The predicted molar refractivity (Wildman–Crippen MR) is 177 cm³/mol. The van der Waals surface area contributed by atoms with Gasteiger partial charge in [-0.2, -0.15) is 0 Å². The Bertz CT molecular complexity index is 1900. The van der Waals surface area contributed by atoms with Crippen molar-refractivity contribution in [2.45, 2.75) is 37.8 Å². The number of amides is 1. The summed E-state index contributed by atoms with van der Waals surface area (Å²) in [5.74, 6) is 1.93. The van der Waals surface area contributed by atoms with Crippen molar-refractivity contribution in [1.82, 2.24) is 24.7 Å². The summed E-state index contributed by atoms with van der Waals surface area (Å²) in [5, 5.41) is 14.3. The molecular weight excluding hydrogens is 625 g/mol. The van der Waals surface area contributed by atoms with E-state index >= 15 is 0 Å². The maximum Gasteiger partial charge on any atom is 0.237 e. The number of fused-ring (bicyclic) bond motifs is 1. The predicted octanol–water partition coefficient (Wildman–Crippen LogP) is 6.07. The molecule has 1 amide bonds. The average molecular weight is 657 g/mol. The number of hydrogen-bond acceptors (Lipinski definition) is 11. The SMILES string of the molecule is COc1cc(-c2nnc(SCC(=O)Nc3ncc4c(n3)C[C@H](c3cccs3)CC4=O)n2-c2ccc(C)cc2C)cc(OC)c1OC. The third kappa shape index (κ3) is 6.20.